The van der Waals surface area contributed by atoms with Crippen LogP contribution in [0.3, 0.4) is 0 Å². The number of amides is 1. The molecule has 1 amide bonds. The summed E-state index contributed by atoms with van der Waals surface area (Å²) in [5.41, 5.74) is 2.40. The number of ether oxygens (including phenoxy) is 2. The van der Waals surface area contributed by atoms with Crippen molar-refractivity contribution in [2.75, 3.05) is 19.0 Å². The van der Waals surface area contributed by atoms with Crippen molar-refractivity contribution in [1.82, 2.24) is 5.32 Å². The van der Waals surface area contributed by atoms with Crippen molar-refractivity contribution in [1.29, 1.82) is 0 Å². The zero-order valence-electron chi connectivity index (χ0n) is 16.1. The molecule has 6 heteroatoms. The molecule has 0 bridgehead atoms. The lowest BCUT2D eigenvalue weighted by Crippen LogP contribution is -2.34. The van der Waals surface area contributed by atoms with Gasteiger partial charge in [0.15, 0.2) is 5.11 Å². The first-order valence-electron chi connectivity index (χ1n) is 9.17. The van der Waals surface area contributed by atoms with Gasteiger partial charge in [0.1, 0.15) is 11.5 Å². The van der Waals surface area contributed by atoms with Crippen LogP contribution in [0.1, 0.15) is 15.9 Å². The number of thiocarbonyl (C=S) groups is 1. The van der Waals surface area contributed by atoms with E-state index < -0.39 is 0 Å². The second-order valence-corrected chi connectivity index (χ2v) is 6.66. The number of hydrogen-bond acceptors (Lipinski definition) is 4. The maximum atomic E-state index is 12.5. The Labute approximate surface area is 175 Å². The van der Waals surface area contributed by atoms with E-state index in [1.54, 1.807) is 31.4 Å². The van der Waals surface area contributed by atoms with Crippen LogP contribution in [0.2, 0.25) is 0 Å². The van der Waals surface area contributed by atoms with Crippen molar-refractivity contribution in [3.63, 3.8) is 0 Å². The highest BCUT2D eigenvalue weighted by molar-refractivity contribution is 7.80. The average Bonchev–Trinajstić information content (AvgIpc) is 2.75. The number of anilines is 1. The van der Waals surface area contributed by atoms with E-state index in [0.29, 0.717) is 23.7 Å². The molecule has 3 rings (SSSR count). The summed E-state index contributed by atoms with van der Waals surface area (Å²) < 4.78 is 11.0. The summed E-state index contributed by atoms with van der Waals surface area (Å²) in [5.74, 6) is 1.03. The lowest BCUT2D eigenvalue weighted by Gasteiger charge is -2.11. The van der Waals surface area contributed by atoms with Gasteiger partial charge in [0.05, 0.1) is 13.7 Å². The molecule has 0 aliphatic rings. The molecule has 5 nitrogen and oxygen atoms in total. The smallest absolute Gasteiger partial charge is 0.257 e. The second-order valence-electron chi connectivity index (χ2n) is 6.25. The van der Waals surface area contributed by atoms with Gasteiger partial charge in [-0.2, -0.15) is 0 Å². The quantitative estimate of drug-likeness (QED) is 0.568. The zero-order valence-corrected chi connectivity index (χ0v) is 16.9. The molecule has 148 valence electrons. The SMILES string of the molecule is COc1cccc(NC(=S)NC(=O)c2cccc(OCCc3ccccc3)c2)c1. The van der Waals surface area contributed by atoms with E-state index in [1.807, 2.05) is 42.5 Å². The van der Waals surface area contributed by atoms with Gasteiger partial charge in [-0.05, 0) is 48.1 Å². The first-order valence-corrected chi connectivity index (χ1v) is 9.58. The van der Waals surface area contributed by atoms with E-state index in [9.17, 15) is 4.79 Å². The van der Waals surface area contributed by atoms with Crippen molar-refractivity contribution in [2.45, 2.75) is 6.42 Å². The number of benzene rings is 3. The van der Waals surface area contributed by atoms with Crippen molar-refractivity contribution in [2.24, 2.45) is 0 Å². The van der Waals surface area contributed by atoms with Crippen LogP contribution in [0.5, 0.6) is 11.5 Å². The highest BCUT2D eigenvalue weighted by atomic mass is 32.1. The fourth-order valence-electron chi connectivity index (χ4n) is 2.70. The monoisotopic (exact) mass is 406 g/mol. The van der Waals surface area contributed by atoms with E-state index in [1.165, 1.54) is 5.56 Å². The maximum absolute atomic E-state index is 12.5. The van der Waals surface area contributed by atoms with Crippen molar-refractivity contribution in [3.05, 3.63) is 90.0 Å². The lowest BCUT2D eigenvalue weighted by molar-refractivity contribution is 0.0977. The zero-order chi connectivity index (χ0) is 20.5. The molecular weight excluding hydrogens is 384 g/mol. The van der Waals surface area contributed by atoms with Crippen molar-refractivity contribution in [3.8, 4) is 11.5 Å². The van der Waals surface area contributed by atoms with Crippen LogP contribution in [-0.4, -0.2) is 24.7 Å². The summed E-state index contributed by atoms with van der Waals surface area (Å²) >= 11 is 5.23. The molecular formula is C23H22N2O3S. The standard InChI is InChI=1S/C23H22N2O3S/c1-27-20-11-6-10-19(16-20)24-23(29)25-22(26)18-9-5-12-21(15-18)28-14-13-17-7-3-2-4-8-17/h2-12,15-16H,13-14H2,1H3,(H2,24,25,26,29). The largest absolute Gasteiger partial charge is 0.497 e. The highest BCUT2D eigenvalue weighted by Crippen LogP contribution is 2.17. The summed E-state index contributed by atoms with van der Waals surface area (Å²) in [4.78, 5) is 12.5. The van der Waals surface area contributed by atoms with Gasteiger partial charge in [-0.15, -0.1) is 0 Å². The minimum absolute atomic E-state index is 0.207. The summed E-state index contributed by atoms with van der Waals surface area (Å²) in [6.45, 7) is 0.533. The van der Waals surface area contributed by atoms with Gasteiger partial charge in [0.2, 0.25) is 0 Å². The number of nitrogens with one attached hydrogen (secondary N) is 2. The molecule has 0 saturated heterocycles. The van der Waals surface area contributed by atoms with Gasteiger partial charge >= 0.3 is 0 Å². The Morgan fingerprint density at radius 3 is 2.48 bits per heavy atom. The van der Waals surface area contributed by atoms with E-state index in [4.69, 9.17) is 21.7 Å². The minimum atomic E-state index is -0.307. The molecule has 0 fully saturated rings. The molecule has 29 heavy (non-hydrogen) atoms. The van der Waals surface area contributed by atoms with Gasteiger partial charge in [-0.25, -0.2) is 0 Å². The molecule has 0 unspecified atom stereocenters. The lowest BCUT2D eigenvalue weighted by atomic mass is 10.2. The molecule has 0 radical (unpaired) electrons. The van der Waals surface area contributed by atoms with E-state index in [-0.39, 0.29) is 11.0 Å². The Balaban J connectivity index is 1.53. The predicted octanol–water partition coefficient (Wildman–Crippen LogP) is 4.44. The van der Waals surface area contributed by atoms with Crippen LogP contribution in [0.15, 0.2) is 78.9 Å². The molecule has 3 aromatic rings. The van der Waals surface area contributed by atoms with Crippen LogP contribution in [-0.2, 0) is 6.42 Å². The van der Waals surface area contributed by atoms with Crippen LogP contribution >= 0.6 is 12.2 Å². The Bertz CT molecular complexity index is 977. The predicted molar refractivity (Wildman–Crippen MR) is 119 cm³/mol. The number of rotatable bonds is 7. The van der Waals surface area contributed by atoms with Gasteiger partial charge in [0, 0.05) is 23.7 Å². The molecule has 0 atom stereocenters. The van der Waals surface area contributed by atoms with E-state index >= 15 is 0 Å². The van der Waals surface area contributed by atoms with Gasteiger partial charge in [-0.3, -0.25) is 10.1 Å². The highest BCUT2D eigenvalue weighted by Gasteiger charge is 2.09. The van der Waals surface area contributed by atoms with E-state index in [0.717, 1.165) is 12.1 Å². The normalized spacial score (nSPS) is 10.1. The van der Waals surface area contributed by atoms with Crippen LogP contribution in [0, 0.1) is 0 Å². The maximum Gasteiger partial charge on any atom is 0.257 e. The summed E-state index contributed by atoms with van der Waals surface area (Å²) in [6, 6.07) is 24.4. The second kappa shape index (κ2) is 10.2. The van der Waals surface area contributed by atoms with Crippen LogP contribution in [0.4, 0.5) is 5.69 Å². The minimum Gasteiger partial charge on any atom is -0.497 e. The van der Waals surface area contributed by atoms with Gasteiger partial charge in [-0.1, -0.05) is 42.5 Å². The number of methoxy groups -OCH3 is 1. The molecule has 0 saturated carbocycles. The third-order valence-corrected chi connectivity index (χ3v) is 4.36. The molecule has 2 N–H and O–H groups in total. The summed E-state index contributed by atoms with van der Waals surface area (Å²) in [7, 11) is 1.59. The van der Waals surface area contributed by atoms with E-state index in [2.05, 4.69) is 22.8 Å². The third kappa shape index (κ3) is 6.33. The number of hydrogen-bond donors (Lipinski definition) is 2. The average molecular weight is 407 g/mol. The van der Waals surface area contributed by atoms with Crippen molar-refractivity contribution < 1.29 is 14.3 Å². The fraction of sp³-hybridized carbons (Fsp3) is 0.130. The summed E-state index contributed by atoms with van der Waals surface area (Å²) in [6.07, 6.45) is 0.797. The molecule has 0 heterocycles. The van der Waals surface area contributed by atoms with Gasteiger partial charge in [0.25, 0.3) is 5.91 Å². The number of carbonyl (C=O) groups excluding carboxylic acids is 1. The van der Waals surface area contributed by atoms with Crippen LogP contribution < -0.4 is 20.1 Å². The first kappa shape index (κ1) is 20.4. The molecule has 0 aromatic heterocycles. The first-order chi connectivity index (χ1) is 14.1. The Morgan fingerprint density at radius 1 is 0.931 bits per heavy atom. The van der Waals surface area contributed by atoms with Crippen molar-refractivity contribution >= 4 is 28.9 Å². The third-order valence-electron chi connectivity index (χ3n) is 4.15. The van der Waals surface area contributed by atoms with Gasteiger partial charge < -0.3 is 14.8 Å². The molecule has 0 spiro atoms. The number of carbonyl (C=O) groups is 1. The van der Waals surface area contributed by atoms with Crippen LogP contribution in [0.25, 0.3) is 0 Å². The molecule has 0 aliphatic carbocycles. The fourth-order valence-corrected chi connectivity index (χ4v) is 2.91. The Hall–Kier alpha value is -3.38. The Kier molecular flexibility index (Phi) is 7.19. The Morgan fingerprint density at radius 2 is 1.69 bits per heavy atom. The summed E-state index contributed by atoms with van der Waals surface area (Å²) in [5, 5.41) is 5.86. The topological polar surface area (TPSA) is 59.6 Å². The molecule has 3 aromatic carbocycles. The molecule has 0 aliphatic heterocycles.